The van der Waals surface area contributed by atoms with Crippen LogP contribution in [0.3, 0.4) is 0 Å². The number of carbonyl (C=O) groups is 1. The third kappa shape index (κ3) is 3.18. The van der Waals surface area contributed by atoms with Gasteiger partial charge in [-0.1, -0.05) is 33.6 Å². The average molecular weight is 387 g/mol. The van der Waals surface area contributed by atoms with Crippen LogP contribution in [0.25, 0.3) is 0 Å². The van der Waals surface area contributed by atoms with Crippen LogP contribution < -0.4 is 10.1 Å². The van der Waals surface area contributed by atoms with E-state index in [4.69, 9.17) is 27.9 Å². The Labute approximate surface area is 140 Å². The lowest BCUT2D eigenvalue weighted by Gasteiger charge is -2.20. The molecule has 0 radical (unpaired) electrons. The molecule has 0 aromatic heterocycles. The van der Waals surface area contributed by atoms with E-state index in [0.717, 1.165) is 15.6 Å². The van der Waals surface area contributed by atoms with Crippen LogP contribution in [-0.4, -0.2) is 12.5 Å². The van der Waals surface area contributed by atoms with Crippen molar-refractivity contribution < 1.29 is 9.53 Å². The lowest BCUT2D eigenvalue weighted by atomic mass is 10.0. The molecule has 1 amide bonds. The fourth-order valence-electron chi connectivity index (χ4n) is 2.17. The van der Waals surface area contributed by atoms with Crippen molar-refractivity contribution in [2.45, 2.75) is 5.38 Å². The van der Waals surface area contributed by atoms with Crippen LogP contribution in [0, 0.1) is 0 Å². The predicted octanol–water partition coefficient (Wildman–Crippen LogP) is 4.76. The monoisotopic (exact) mass is 385 g/mol. The van der Waals surface area contributed by atoms with Crippen LogP contribution >= 0.6 is 39.1 Å². The van der Waals surface area contributed by atoms with Gasteiger partial charge in [0.2, 0.25) is 0 Å². The van der Waals surface area contributed by atoms with Crippen molar-refractivity contribution in [3.8, 4) is 5.75 Å². The molecule has 1 N–H and O–H groups in total. The number of carbonyl (C=O) groups excluding carboxylic acids is 1. The summed E-state index contributed by atoms with van der Waals surface area (Å²) in [5.74, 6) is 0.478. The molecular formula is C15H10BrCl2NO2. The van der Waals surface area contributed by atoms with Crippen molar-refractivity contribution in [2.24, 2.45) is 0 Å². The minimum Gasteiger partial charge on any atom is -0.482 e. The van der Waals surface area contributed by atoms with E-state index in [-0.39, 0.29) is 17.9 Å². The highest BCUT2D eigenvalue weighted by molar-refractivity contribution is 9.10. The first kappa shape index (κ1) is 14.7. The molecule has 0 spiro atoms. The highest BCUT2D eigenvalue weighted by Crippen LogP contribution is 2.37. The highest BCUT2D eigenvalue weighted by Gasteiger charge is 2.19. The Kier molecular flexibility index (Phi) is 4.11. The first-order valence-electron chi connectivity index (χ1n) is 6.19. The highest BCUT2D eigenvalue weighted by atomic mass is 79.9. The Bertz CT molecular complexity index is 701. The number of rotatable bonds is 2. The van der Waals surface area contributed by atoms with E-state index in [1.54, 1.807) is 12.1 Å². The summed E-state index contributed by atoms with van der Waals surface area (Å²) in [7, 11) is 0. The van der Waals surface area contributed by atoms with Crippen molar-refractivity contribution in [3.05, 3.63) is 57.0 Å². The van der Waals surface area contributed by atoms with Gasteiger partial charge in [-0.3, -0.25) is 4.79 Å². The summed E-state index contributed by atoms with van der Waals surface area (Å²) in [6.45, 7) is 0.0396. The maximum Gasteiger partial charge on any atom is 0.262 e. The summed E-state index contributed by atoms with van der Waals surface area (Å²) in [6.07, 6.45) is 0. The van der Waals surface area contributed by atoms with E-state index >= 15 is 0 Å². The lowest BCUT2D eigenvalue weighted by molar-refractivity contribution is -0.118. The normalized spacial score (nSPS) is 14.9. The molecule has 1 heterocycles. The number of hydrogen-bond acceptors (Lipinski definition) is 2. The first-order chi connectivity index (χ1) is 10.0. The summed E-state index contributed by atoms with van der Waals surface area (Å²) in [5, 5.41) is 3.01. The van der Waals surface area contributed by atoms with E-state index in [1.807, 2.05) is 24.3 Å². The maximum atomic E-state index is 11.4. The van der Waals surface area contributed by atoms with Crippen molar-refractivity contribution in [1.82, 2.24) is 0 Å². The quantitative estimate of drug-likeness (QED) is 0.755. The molecule has 0 aliphatic carbocycles. The Morgan fingerprint density at radius 3 is 2.76 bits per heavy atom. The zero-order chi connectivity index (χ0) is 15.0. The smallest absolute Gasteiger partial charge is 0.262 e. The third-order valence-electron chi connectivity index (χ3n) is 3.11. The summed E-state index contributed by atoms with van der Waals surface area (Å²) in [6, 6.07) is 11.0. The van der Waals surface area contributed by atoms with Gasteiger partial charge in [-0.05, 0) is 41.5 Å². The van der Waals surface area contributed by atoms with Gasteiger partial charge in [0, 0.05) is 9.50 Å². The van der Waals surface area contributed by atoms with E-state index < -0.39 is 0 Å². The van der Waals surface area contributed by atoms with Crippen molar-refractivity contribution >= 4 is 50.7 Å². The molecule has 1 aliphatic heterocycles. The molecule has 3 nitrogen and oxygen atoms in total. The Hall–Kier alpha value is -1.23. The number of alkyl halides is 1. The fraction of sp³-hybridized carbons (Fsp3) is 0.133. The molecule has 1 unspecified atom stereocenters. The van der Waals surface area contributed by atoms with Crippen LogP contribution in [-0.2, 0) is 4.79 Å². The maximum absolute atomic E-state index is 11.4. The van der Waals surface area contributed by atoms with Gasteiger partial charge in [0.25, 0.3) is 5.91 Å². The molecule has 2 aromatic carbocycles. The first-order valence-corrected chi connectivity index (χ1v) is 7.80. The number of fused-ring (bicyclic) bond motifs is 1. The number of amides is 1. The summed E-state index contributed by atoms with van der Waals surface area (Å²) in [4.78, 5) is 11.4. The third-order valence-corrected chi connectivity index (χ3v) is 4.29. The summed E-state index contributed by atoms with van der Waals surface area (Å²) >= 11 is 16.0. The van der Waals surface area contributed by atoms with Gasteiger partial charge in [0.1, 0.15) is 5.75 Å². The molecule has 2 aromatic rings. The number of anilines is 1. The van der Waals surface area contributed by atoms with Gasteiger partial charge in [0.05, 0.1) is 11.1 Å². The van der Waals surface area contributed by atoms with Gasteiger partial charge in [-0.2, -0.15) is 0 Å². The van der Waals surface area contributed by atoms with Crippen LogP contribution in [0.15, 0.2) is 40.9 Å². The largest absolute Gasteiger partial charge is 0.482 e. The zero-order valence-corrected chi connectivity index (χ0v) is 13.8. The van der Waals surface area contributed by atoms with Crippen LogP contribution in [0.5, 0.6) is 5.75 Å². The van der Waals surface area contributed by atoms with Gasteiger partial charge in [0.15, 0.2) is 6.61 Å². The molecule has 0 saturated heterocycles. The fourth-order valence-corrected chi connectivity index (χ4v) is 3.32. The van der Waals surface area contributed by atoms with Gasteiger partial charge in [-0.25, -0.2) is 0 Å². The molecular weight excluding hydrogens is 377 g/mol. The number of nitrogens with one attached hydrogen (secondary N) is 1. The molecule has 3 rings (SSSR count). The molecule has 108 valence electrons. The SMILES string of the molecule is O=C1COc2ccc(C(Cl)c3cc(Cl)cc(Br)c3)cc2N1. The predicted molar refractivity (Wildman–Crippen MR) is 87.4 cm³/mol. The number of benzene rings is 2. The molecule has 1 aliphatic rings. The van der Waals surface area contributed by atoms with Crippen LogP contribution in [0.2, 0.25) is 5.02 Å². The molecule has 0 saturated carbocycles. The minimum absolute atomic E-state index is 0.0396. The van der Waals surface area contributed by atoms with Crippen LogP contribution in [0.1, 0.15) is 16.5 Å². The second-order valence-corrected chi connectivity index (χ2v) is 6.45. The molecule has 6 heteroatoms. The number of hydrogen-bond donors (Lipinski definition) is 1. The molecule has 1 atom stereocenters. The standard InChI is InChI=1S/C15H10BrCl2NO2/c16-10-3-9(4-11(17)6-10)15(18)8-1-2-13-12(5-8)19-14(20)7-21-13/h1-6,15H,7H2,(H,19,20). The summed E-state index contributed by atoms with van der Waals surface area (Å²) in [5.41, 5.74) is 2.37. The lowest BCUT2D eigenvalue weighted by Crippen LogP contribution is -2.25. The van der Waals surface area contributed by atoms with Crippen molar-refractivity contribution in [2.75, 3.05) is 11.9 Å². The van der Waals surface area contributed by atoms with E-state index in [1.165, 1.54) is 0 Å². The zero-order valence-electron chi connectivity index (χ0n) is 10.7. The van der Waals surface area contributed by atoms with E-state index in [9.17, 15) is 4.79 Å². The van der Waals surface area contributed by atoms with Gasteiger partial charge in [-0.15, -0.1) is 11.6 Å². The number of halogens is 3. The Morgan fingerprint density at radius 2 is 2.00 bits per heavy atom. The van der Waals surface area contributed by atoms with Gasteiger partial charge < -0.3 is 10.1 Å². The van der Waals surface area contributed by atoms with E-state index in [2.05, 4.69) is 21.2 Å². The summed E-state index contributed by atoms with van der Waals surface area (Å²) < 4.78 is 6.20. The van der Waals surface area contributed by atoms with Crippen LogP contribution in [0.4, 0.5) is 5.69 Å². The molecule has 0 fully saturated rings. The molecule has 21 heavy (non-hydrogen) atoms. The number of ether oxygens (including phenoxy) is 1. The second kappa shape index (κ2) is 5.87. The topological polar surface area (TPSA) is 38.3 Å². The van der Waals surface area contributed by atoms with Crippen molar-refractivity contribution in [1.29, 1.82) is 0 Å². The van der Waals surface area contributed by atoms with Crippen molar-refractivity contribution in [3.63, 3.8) is 0 Å². The minimum atomic E-state index is -0.371. The second-order valence-electron chi connectivity index (χ2n) is 4.66. The van der Waals surface area contributed by atoms with E-state index in [0.29, 0.717) is 16.5 Å². The van der Waals surface area contributed by atoms with Gasteiger partial charge >= 0.3 is 0 Å². The Morgan fingerprint density at radius 1 is 1.19 bits per heavy atom. The average Bonchev–Trinajstić information content (AvgIpc) is 2.44. The Balaban J connectivity index is 1.96. The molecule has 0 bridgehead atoms.